The summed E-state index contributed by atoms with van der Waals surface area (Å²) in [7, 11) is 3.63. The first-order valence-corrected chi connectivity index (χ1v) is 7.92. The molecule has 0 bridgehead atoms. The van der Waals surface area contributed by atoms with Crippen LogP contribution < -0.4 is 10.6 Å². The topological polar surface area (TPSA) is 59.0 Å². The summed E-state index contributed by atoms with van der Waals surface area (Å²) in [6, 6.07) is 4.01. The standard InChI is InChI=1S/C18H26N4O/c1-12-8-13(2)16(14(3)9-12)6-7-20-18(23)17(19-4)15-10-21-22(5)11-15/h8-11,17,19H,6-7H2,1-5H3,(H,20,23). The first kappa shape index (κ1) is 17.2. The van der Waals surface area contributed by atoms with Crippen LogP contribution in [0.15, 0.2) is 24.5 Å². The van der Waals surface area contributed by atoms with Crippen molar-refractivity contribution in [2.45, 2.75) is 33.2 Å². The van der Waals surface area contributed by atoms with Gasteiger partial charge >= 0.3 is 0 Å². The molecule has 2 N–H and O–H groups in total. The van der Waals surface area contributed by atoms with Gasteiger partial charge in [0.15, 0.2) is 0 Å². The molecular weight excluding hydrogens is 288 g/mol. The van der Waals surface area contributed by atoms with E-state index in [1.807, 2.05) is 13.2 Å². The van der Waals surface area contributed by atoms with Gasteiger partial charge in [-0.05, 0) is 50.9 Å². The molecule has 1 atom stereocenters. The molecule has 0 fully saturated rings. The van der Waals surface area contributed by atoms with E-state index in [9.17, 15) is 4.79 Å². The van der Waals surface area contributed by atoms with Crippen molar-refractivity contribution < 1.29 is 4.79 Å². The number of hydrogen-bond donors (Lipinski definition) is 2. The predicted molar refractivity (Wildman–Crippen MR) is 92.4 cm³/mol. The Morgan fingerprint density at radius 1 is 1.26 bits per heavy atom. The van der Waals surface area contributed by atoms with Crippen molar-refractivity contribution in [2.75, 3.05) is 13.6 Å². The molecule has 1 aromatic heterocycles. The molecule has 0 saturated carbocycles. The zero-order valence-electron chi connectivity index (χ0n) is 14.6. The van der Waals surface area contributed by atoms with Crippen molar-refractivity contribution in [2.24, 2.45) is 7.05 Å². The maximum absolute atomic E-state index is 12.4. The van der Waals surface area contributed by atoms with Crippen LogP contribution in [0.25, 0.3) is 0 Å². The van der Waals surface area contributed by atoms with Gasteiger partial charge in [0.25, 0.3) is 0 Å². The van der Waals surface area contributed by atoms with E-state index >= 15 is 0 Å². The molecule has 124 valence electrons. The minimum atomic E-state index is -0.371. The zero-order valence-corrected chi connectivity index (χ0v) is 14.6. The maximum Gasteiger partial charge on any atom is 0.241 e. The highest BCUT2D eigenvalue weighted by atomic mass is 16.2. The number of hydrogen-bond acceptors (Lipinski definition) is 3. The second-order valence-corrected chi connectivity index (χ2v) is 6.09. The third-order valence-electron chi connectivity index (χ3n) is 4.12. The van der Waals surface area contributed by atoms with E-state index in [1.165, 1.54) is 22.3 Å². The molecule has 2 aromatic rings. The van der Waals surface area contributed by atoms with Crippen LogP contribution in [-0.4, -0.2) is 29.3 Å². The number of carbonyl (C=O) groups is 1. The van der Waals surface area contributed by atoms with Gasteiger partial charge in [0, 0.05) is 25.4 Å². The van der Waals surface area contributed by atoms with Crippen molar-refractivity contribution >= 4 is 5.91 Å². The van der Waals surface area contributed by atoms with Crippen molar-refractivity contribution in [3.8, 4) is 0 Å². The smallest absolute Gasteiger partial charge is 0.241 e. The fraction of sp³-hybridized carbons (Fsp3) is 0.444. The molecule has 0 aliphatic heterocycles. The molecule has 5 heteroatoms. The highest BCUT2D eigenvalue weighted by Crippen LogP contribution is 2.17. The highest BCUT2D eigenvalue weighted by Gasteiger charge is 2.19. The Morgan fingerprint density at radius 3 is 2.43 bits per heavy atom. The van der Waals surface area contributed by atoms with E-state index in [-0.39, 0.29) is 11.9 Å². The van der Waals surface area contributed by atoms with Crippen LogP contribution in [0.5, 0.6) is 0 Å². The number of carbonyl (C=O) groups excluding carboxylic acids is 1. The number of rotatable bonds is 6. The first-order valence-electron chi connectivity index (χ1n) is 7.92. The van der Waals surface area contributed by atoms with Crippen LogP contribution in [0.2, 0.25) is 0 Å². The van der Waals surface area contributed by atoms with E-state index in [0.717, 1.165) is 12.0 Å². The van der Waals surface area contributed by atoms with Gasteiger partial charge in [-0.25, -0.2) is 0 Å². The Balaban J connectivity index is 1.97. The third-order valence-corrected chi connectivity index (χ3v) is 4.12. The molecule has 0 radical (unpaired) electrons. The Kier molecular flexibility index (Phi) is 5.55. The molecule has 5 nitrogen and oxygen atoms in total. The van der Waals surface area contributed by atoms with E-state index in [1.54, 1.807) is 17.9 Å². The highest BCUT2D eigenvalue weighted by molar-refractivity contribution is 5.83. The molecule has 0 spiro atoms. The second kappa shape index (κ2) is 7.42. The normalized spacial score (nSPS) is 12.2. The summed E-state index contributed by atoms with van der Waals surface area (Å²) in [6.45, 7) is 6.99. The van der Waals surface area contributed by atoms with Crippen molar-refractivity contribution in [3.05, 3.63) is 52.3 Å². The number of aromatic nitrogens is 2. The molecule has 1 heterocycles. The molecule has 1 aromatic carbocycles. The second-order valence-electron chi connectivity index (χ2n) is 6.09. The van der Waals surface area contributed by atoms with Crippen molar-refractivity contribution in [1.29, 1.82) is 0 Å². The number of aryl methyl sites for hydroxylation is 4. The monoisotopic (exact) mass is 314 g/mol. The fourth-order valence-corrected chi connectivity index (χ4v) is 3.06. The Bertz CT molecular complexity index is 667. The Hall–Kier alpha value is -2.14. The first-order chi connectivity index (χ1) is 10.9. The third kappa shape index (κ3) is 4.20. The summed E-state index contributed by atoms with van der Waals surface area (Å²) in [4.78, 5) is 12.4. The van der Waals surface area contributed by atoms with Crippen LogP contribution in [0.3, 0.4) is 0 Å². The number of benzene rings is 1. The molecule has 0 aliphatic carbocycles. The van der Waals surface area contributed by atoms with Crippen molar-refractivity contribution in [3.63, 3.8) is 0 Å². The summed E-state index contributed by atoms with van der Waals surface area (Å²) in [5.41, 5.74) is 6.04. The van der Waals surface area contributed by atoms with E-state index < -0.39 is 0 Å². The lowest BCUT2D eigenvalue weighted by Crippen LogP contribution is -2.37. The van der Waals surface area contributed by atoms with E-state index in [0.29, 0.717) is 6.54 Å². The van der Waals surface area contributed by atoms with E-state index in [4.69, 9.17) is 0 Å². The average molecular weight is 314 g/mol. The quantitative estimate of drug-likeness (QED) is 0.857. The minimum absolute atomic E-state index is 0.0251. The average Bonchev–Trinajstić information content (AvgIpc) is 2.89. The van der Waals surface area contributed by atoms with Crippen LogP contribution in [-0.2, 0) is 18.3 Å². The lowest BCUT2D eigenvalue weighted by atomic mass is 9.97. The van der Waals surface area contributed by atoms with E-state index in [2.05, 4.69) is 48.6 Å². The van der Waals surface area contributed by atoms with Gasteiger partial charge in [-0.2, -0.15) is 5.10 Å². The lowest BCUT2D eigenvalue weighted by Gasteiger charge is -2.16. The molecule has 1 unspecified atom stereocenters. The SMILES string of the molecule is CNC(C(=O)NCCc1c(C)cc(C)cc1C)c1cnn(C)c1. The van der Waals surface area contributed by atoms with Gasteiger partial charge in [0.1, 0.15) is 6.04 Å². The Morgan fingerprint density at radius 2 is 1.91 bits per heavy atom. The molecule has 1 amide bonds. The summed E-state index contributed by atoms with van der Waals surface area (Å²) in [6.07, 6.45) is 4.41. The molecular formula is C18H26N4O. The molecule has 0 aliphatic rings. The van der Waals surface area contributed by atoms with Gasteiger partial charge in [-0.3, -0.25) is 9.48 Å². The predicted octanol–water partition coefficient (Wildman–Crippen LogP) is 1.96. The van der Waals surface area contributed by atoms with Gasteiger partial charge in [-0.15, -0.1) is 0 Å². The molecule has 0 saturated heterocycles. The van der Waals surface area contributed by atoms with Gasteiger partial charge in [0.2, 0.25) is 5.91 Å². The molecule has 23 heavy (non-hydrogen) atoms. The van der Waals surface area contributed by atoms with Gasteiger partial charge < -0.3 is 10.6 Å². The largest absolute Gasteiger partial charge is 0.354 e. The summed E-state index contributed by atoms with van der Waals surface area (Å²) < 4.78 is 1.70. The number of amides is 1. The fourth-order valence-electron chi connectivity index (χ4n) is 3.06. The van der Waals surface area contributed by atoms with Gasteiger partial charge in [0.05, 0.1) is 6.20 Å². The number of nitrogens with zero attached hydrogens (tertiary/aromatic N) is 2. The van der Waals surface area contributed by atoms with Crippen molar-refractivity contribution in [1.82, 2.24) is 20.4 Å². The maximum atomic E-state index is 12.4. The summed E-state index contributed by atoms with van der Waals surface area (Å²) in [5, 5.41) is 10.2. The number of likely N-dealkylation sites (N-methyl/N-ethyl adjacent to an activating group) is 1. The number of nitrogens with one attached hydrogen (secondary N) is 2. The lowest BCUT2D eigenvalue weighted by molar-refractivity contribution is -0.123. The Labute approximate surface area is 138 Å². The van der Waals surface area contributed by atoms with Crippen LogP contribution in [0, 0.1) is 20.8 Å². The molecule has 2 rings (SSSR count). The van der Waals surface area contributed by atoms with Crippen LogP contribution >= 0.6 is 0 Å². The zero-order chi connectivity index (χ0) is 17.0. The summed E-state index contributed by atoms with van der Waals surface area (Å²) >= 11 is 0. The van der Waals surface area contributed by atoms with Crippen LogP contribution in [0.1, 0.15) is 33.9 Å². The summed E-state index contributed by atoms with van der Waals surface area (Å²) in [5.74, 6) is -0.0251. The van der Waals surface area contributed by atoms with Gasteiger partial charge in [-0.1, -0.05) is 17.7 Å². The minimum Gasteiger partial charge on any atom is -0.354 e. The van der Waals surface area contributed by atoms with Crippen LogP contribution in [0.4, 0.5) is 0 Å².